The van der Waals surface area contributed by atoms with Crippen LogP contribution in [0.15, 0.2) is 60.8 Å². The van der Waals surface area contributed by atoms with E-state index < -0.39 is 17.8 Å². The zero-order chi connectivity index (χ0) is 32.0. The summed E-state index contributed by atoms with van der Waals surface area (Å²) in [5.41, 5.74) is 15.1. The number of morpholine rings is 1. The number of hydrogen-bond acceptors (Lipinski definition) is 9. The van der Waals surface area contributed by atoms with Gasteiger partial charge in [-0.15, -0.1) is 22.6 Å². The molecule has 5 N–H and O–H groups in total. The monoisotopic (exact) mass is 663 g/mol. The highest BCUT2D eigenvalue weighted by Crippen LogP contribution is 2.34. The summed E-state index contributed by atoms with van der Waals surface area (Å²) >= 11 is 0. The molecule has 0 bridgehead atoms. The van der Waals surface area contributed by atoms with E-state index in [1.54, 1.807) is 41.4 Å². The number of tetrazole rings is 1. The van der Waals surface area contributed by atoms with Gasteiger partial charge in [0.1, 0.15) is 6.04 Å². The molecule has 0 radical (unpaired) electrons. The fourth-order valence-electron chi connectivity index (χ4n) is 6.37. The minimum absolute atomic E-state index is 0. The Morgan fingerprint density at radius 1 is 1.00 bits per heavy atom. The number of halogens is 2. The summed E-state index contributed by atoms with van der Waals surface area (Å²) < 4.78 is 21.0. The number of H-pyrrole nitrogens is 1. The molecule has 1 saturated carbocycles. The smallest absolute Gasteiger partial charge is 0.240 e. The number of aromatic amines is 1. The summed E-state index contributed by atoms with van der Waals surface area (Å²) in [6, 6.07) is 15.1. The fourth-order valence-corrected chi connectivity index (χ4v) is 6.37. The molecule has 2 aromatic carbocycles. The SMILES string of the molecule is Cl.NCC1CCC(C(=O)N(c2ccc(-c3nn[nH]n3)cc2)[C@@H](Cc2ccc(-c3ccnc(N4CCOCC4)c3F)cc2)C(N)=O)CC1. The van der Waals surface area contributed by atoms with Crippen LogP contribution in [-0.2, 0) is 20.7 Å². The summed E-state index contributed by atoms with van der Waals surface area (Å²) in [6.45, 7) is 2.80. The second-order valence-electron chi connectivity index (χ2n) is 11.9. The molecule has 0 spiro atoms. The third-order valence-electron chi connectivity index (χ3n) is 9.03. The zero-order valence-electron chi connectivity index (χ0n) is 25.9. The van der Waals surface area contributed by atoms with Crippen LogP contribution < -0.4 is 21.3 Å². The van der Waals surface area contributed by atoms with Crippen molar-refractivity contribution in [3.8, 4) is 22.5 Å². The number of rotatable bonds is 10. The third-order valence-corrected chi connectivity index (χ3v) is 9.03. The Bertz CT molecular complexity index is 1630. The Labute approximate surface area is 278 Å². The summed E-state index contributed by atoms with van der Waals surface area (Å²) in [5.74, 6) is -0.287. The van der Waals surface area contributed by atoms with Crippen molar-refractivity contribution in [2.75, 3.05) is 42.6 Å². The molecule has 1 atom stereocenters. The van der Waals surface area contributed by atoms with Gasteiger partial charge in [0.05, 0.1) is 13.2 Å². The minimum Gasteiger partial charge on any atom is -0.378 e. The van der Waals surface area contributed by atoms with Crippen LogP contribution in [0.5, 0.6) is 0 Å². The molecule has 2 fully saturated rings. The Balaban J connectivity index is 0.00000433. The number of nitrogens with two attached hydrogens (primary N) is 2. The predicted octanol–water partition coefficient (Wildman–Crippen LogP) is 3.52. The average Bonchev–Trinajstić information content (AvgIpc) is 3.64. The van der Waals surface area contributed by atoms with Crippen molar-refractivity contribution < 1.29 is 18.7 Å². The highest BCUT2D eigenvalue weighted by Gasteiger charge is 2.36. The number of amides is 2. The molecule has 3 heterocycles. The Hall–Kier alpha value is -4.46. The maximum Gasteiger partial charge on any atom is 0.240 e. The van der Waals surface area contributed by atoms with Crippen LogP contribution in [0.25, 0.3) is 22.5 Å². The van der Waals surface area contributed by atoms with Gasteiger partial charge in [-0.2, -0.15) is 5.21 Å². The van der Waals surface area contributed by atoms with E-state index in [1.807, 2.05) is 29.2 Å². The maximum atomic E-state index is 15.6. The van der Waals surface area contributed by atoms with Gasteiger partial charge in [-0.1, -0.05) is 24.3 Å². The van der Waals surface area contributed by atoms with Crippen molar-refractivity contribution in [3.63, 3.8) is 0 Å². The molecule has 2 aromatic heterocycles. The highest BCUT2D eigenvalue weighted by molar-refractivity contribution is 6.01. The number of carbonyl (C=O) groups excluding carboxylic acids is 2. The van der Waals surface area contributed by atoms with Crippen molar-refractivity contribution in [1.82, 2.24) is 25.6 Å². The van der Waals surface area contributed by atoms with Crippen molar-refractivity contribution in [2.24, 2.45) is 23.3 Å². The molecule has 0 unspecified atom stereocenters. The summed E-state index contributed by atoms with van der Waals surface area (Å²) in [4.78, 5) is 35.0. The van der Waals surface area contributed by atoms with Crippen molar-refractivity contribution in [1.29, 1.82) is 0 Å². The average molecular weight is 664 g/mol. The van der Waals surface area contributed by atoms with Gasteiger partial charge in [0.2, 0.25) is 17.6 Å². The molecule has 14 heteroatoms. The minimum atomic E-state index is -0.952. The molecule has 12 nitrogen and oxygen atoms in total. The number of pyridine rings is 1. The van der Waals surface area contributed by atoms with Crippen LogP contribution in [0.1, 0.15) is 31.2 Å². The number of benzene rings is 2. The number of hydrogen-bond donors (Lipinski definition) is 3. The van der Waals surface area contributed by atoms with Gasteiger partial charge in [0.25, 0.3) is 0 Å². The van der Waals surface area contributed by atoms with E-state index in [9.17, 15) is 9.59 Å². The summed E-state index contributed by atoms with van der Waals surface area (Å²) in [7, 11) is 0. The van der Waals surface area contributed by atoms with Crippen molar-refractivity contribution in [2.45, 2.75) is 38.1 Å². The number of anilines is 2. The van der Waals surface area contributed by atoms with E-state index in [4.69, 9.17) is 16.2 Å². The standard InChI is InChI=1S/C33H38FN9O3.ClH/c34-29-27(13-14-37-32(29)42-15-17-46-18-16-42)23-5-1-21(2-6-23)19-28(30(36)44)43(33(45)25-7-3-22(20-35)4-8-25)26-11-9-24(10-12-26)31-38-40-41-39-31;/h1-2,5-6,9-14,22,25,28H,3-4,7-8,15-20,35H2,(H2,36,44)(H,38,39,40,41);1H/t22?,25?,28-;/m0./s1. The van der Waals surface area contributed by atoms with Gasteiger partial charge in [0.15, 0.2) is 11.6 Å². The second kappa shape index (κ2) is 15.4. The van der Waals surface area contributed by atoms with Crippen LogP contribution in [-0.4, -0.2) is 76.3 Å². The molecule has 2 aliphatic rings. The van der Waals surface area contributed by atoms with E-state index in [-0.39, 0.29) is 30.7 Å². The molecule has 1 aliphatic heterocycles. The first-order chi connectivity index (χ1) is 22.4. The largest absolute Gasteiger partial charge is 0.378 e. The van der Waals surface area contributed by atoms with Crippen LogP contribution in [0.2, 0.25) is 0 Å². The Kier molecular flexibility index (Phi) is 11.1. The summed E-state index contributed by atoms with van der Waals surface area (Å²) in [6.07, 6.45) is 4.90. The van der Waals surface area contributed by atoms with Gasteiger partial charge in [-0.25, -0.2) is 9.37 Å². The van der Waals surface area contributed by atoms with Crippen LogP contribution in [0.4, 0.5) is 15.9 Å². The molecule has 4 aromatic rings. The second-order valence-corrected chi connectivity index (χ2v) is 11.9. The molecule has 248 valence electrons. The lowest BCUT2D eigenvalue weighted by atomic mass is 9.81. The number of carbonyl (C=O) groups is 2. The zero-order valence-corrected chi connectivity index (χ0v) is 26.7. The Morgan fingerprint density at radius 3 is 2.30 bits per heavy atom. The van der Waals surface area contributed by atoms with Crippen molar-refractivity contribution >= 4 is 35.7 Å². The normalized spacial score (nSPS) is 18.6. The van der Waals surface area contributed by atoms with Gasteiger partial charge in [-0.05, 0) is 84.8 Å². The van der Waals surface area contributed by atoms with Crippen LogP contribution in [0.3, 0.4) is 0 Å². The topological polar surface area (TPSA) is 169 Å². The predicted molar refractivity (Wildman–Crippen MR) is 178 cm³/mol. The first-order valence-corrected chi connectivity index (χ1v) is 15.7. The van der Waals surface area contributed by atoms with Gasteiger partial charge in [-0.3, -0.25) is 14.5 Å². The molecule has 6 rings (SSSR count). The first-order valence-electron chi connectivity index (χ1n) is 15.7. The van der Waals surface area contributed by atoms with Crippen LogP contribution in [0, 0.1) is 17.7 Å². The maximum absolute atomic E-state index is 15.6. The van der Waals surface area contributed by atoms with E-state index in [0.717, 1.165) is 18.4 Å². The molecular weight excluding hydrogens is 625 g/mol. The van der Waals surface area contributed by atoms with E-state index in [0.29, 0.717) is 85.6 Å². The highest BCUT2D eigenvalue weighted by atomic mass is 35.5. The van der Waals surface area contributed by atoms with Gasteiger partial charge < -0.3 is 21.1 Å². The molecule has 1 aliphatic carbocycles. The fraction of sp³-hybridized carbons (Fsp3) is 0.394. The van der Waals surface area contributed by atoms with Crippen molar-refractivity contribution in [3.05, 3.63) is 72.2 Å². The van der Waals surface area contributed by atoms with Gasteiger partial charge in [0, 0.05) is 48.4 Å². The molecular formula is C33H39ClFN9O3. The molecule has 1 saturated heterocycles. The van der Waals surface area contributed by atoms with E-state index in [1.165, 1.54) is 0 Å². The summed E-state index contributed by atoms with van der Waals surface area (Å²) in [5, 5.41) is 14.1. The van der Waals surface area contributed by atoms with E-state index >= 15 is 4.39 Å². The number of nitrogens with zero attached hydrogens (tertiary/aromatic N) is 6. The number of nitrogens with one attached hydrogen (secondary N) is 1. The first kappa shape index (κ1) is 33.9. The lowest BCUT2D eigenvalue weighted by Gasteiger charge is -2.35. The number of primary amides is 1. The third kappa shape index (κ3) is 7.58. The molecule has 2 amide bonds. The molecule has 47 heavy (non-hydrogen) atoms. The quantitative estimate of drug-likeness (QED) is 0.230. The number of aromatic nitrogens is 5. The number of ether oxygens (including phenoxy) is 1. The Morgan fingerprint density at radius 2 is 1.68 bits per heavy atom. The lowest BCUT2D eigenvalue weighted by molar-refractivity contribution is -0.127. The van der Waals surface area contributed by atoms with Crippen LogP contribution >= 0.6 is 12.4 Å². The van der Waals surface area contributed by atoms with Gasteiger partial charge >= 0.3 is 0 Å². The lowest BCUT2D eigenvalue weighted by Crippen LogP contribution is -2.52. The van der Waals surface area contributed by atoms with E-state index in [2.05, 4.69) is 25.6 Å².